The molecule has 19 heavy (non-hydrogen) atoms. The average Bonchev–Trinajstić information content (AvgIpc) is 2.43. The van der Waals surface area contributed by atoms with Crippen LogP contribution in [0, 0.1) is 0 Å². The number of hydrogen-bond acceptors (Lipinski definition) is 5. The van der Waals surface area contributed by atoms with E-state index in [0.29, 0.717) is 25.5 Å². The predicted octanol–water partition coefficient (Wildman–Crippen LogP) is 1.90. The summed E-state index contributed by atoms with van der Waals surface area (Å²) >= 11 is 0. The maximum atomic E-state index is 6.11. The van der Waals surface area contributed by atoms with E-state index in [4.69, 9.17) is 19.9 Å². The summed E-state index contributed by atoms with van der Waals surface area (Å²) < 4.78 is 16.5. The fourth-order valence-electron chi connectivity index (χ4n) is 2.14. The van der Waals surface area contributed by atoms with Crippen LogP contribution in [-0.2, 0) is 4.74 Å². The third-order valence-corrected chi connectivity index (χ3v) is 3.12. The van der Waals surface area contributed by atoms with Crippen molar-refractivity contribution < 1.29 is 14.2 Å². The van der Waals surface area contributed by atoms with E-state index in [1.807, 2.05) is 19.1 Å². The summed E-state index contributed by atoms with van der Waals surface area (Å²) in [6.45, 7) is 8.36. The number of hydrogen-bond donors (Lipinski definition) is 1. The van der Waals surface area contributed by atoms with Crippen molar-refractivity contribution in [3.8, 4) is 11.5 Å². The van der Waals surface area contributed by atoms with Crippen molar-refractivity contribution in [3.05, 3.63) is 12.1 Å². The third-order valence-electron chi connectivity index (χ3n) is 3.12. The van der Waals surface area contributed by atoms with E-state index < -0.39 is 0 Å². The SMILES string of the molecule is CCOCCN(CC)c1cc2c(cc1N)OCCO2. The summed E-state index contributed by atoms with van der Waals surface area (Å²) in [6, 6.07) is 3.80. The van der Waals surface area contributed by atoms with Gasteiger partial charge in [0.15, 0.2) is 11.5 Å². The monoisotopic (exact) mass is 266 g/mol. The molecule has 1 aromatic rings. The minimum Gasteiger partial charge on any atom is -0.486 e. The minimum atomic E-state index is 0.577. The van der Waals surface area contributed by atoms with Gasteiger partial charge in [0.1, 0.15) is 13.2 Å². The molecule has 0 bridgehead atoms. The Morgan fingerprint density at radius 3 is 2.53 bits per heavy atom. The van der Waals surface area contributed by atoms with Crippen LogP contribution in [0.3, 0.4) is 0 Å². The maximum Gasteiger partial charge on any atom is 0.163 e. The van der Waals surface area contributed by atoms with E-state index in [-0.39, 0.29) is 0 Å². The van der Waals surface area contributed by atoms with E-state index in [9.17, 15) is 0 Å². The molecule has 5 heteroatoms. The topological polar surface area (TPSA) is 57.0 Å². The molecule has 2 rings (SSSR count). The van der Waals surface area contributed by atoms with Crippen molar-refractivity contribution in [1.82, 2.24) is 0 Å². The van der Waals surface area contributed by atoms with Gasteiger partial charge in [0, 0.05) is 31.8 Å². The van der Waals surface area contributed by atoms with Crippen LogP contribution in [0.5, 0.6) is 11.5 Å². The quantitative estimate of drug-likeness (QED) is 0.629. The molecule has 0 unspecified atom stereocenters. The van der Waals surface area contributed by atoms with Crippen molar-refractivity contribution in [2.75, 3.05) is 50.2 Å². The van der Waals surface area contributed by atoms with E-state index in [0.717, 1.165) is 36.9 Å². The number of anilines is 2. The summed E-state index contributed by atoms with van der Waals surface area (Å²) in [7, 11) is 0. The first kappa shape index (κ1) is 13.8. The highest BCUT2D eigenvalue weighted by molar-refractivity contribution is 5.73. The largest absolute Gasteiger partial charge is 0.486 e. The molecule has 5 nitrogen and oxygen atoms in total. The average molecular weight is 266 g/mol. The molecule has 2 N–H and O–H groups in total. The number of fused-ring (bicyclic) bond motifs is 1. The van der Waals surface area contributed by atoms with E-state index in [1.165, 1.54) is 0 Å². The van der Waals surface area contributed by atoms with Gasteiger partial charge in [0.2, 0.25) is 0 Å². The number of nitrogens with two attached hydrogens (primary N) is 1. The molecule has 0 atom stereocenters. The molecule has 106 valence electrons. The van der Waals surface area contributed by atoms with Gasteiger partial charge in [-0.2, -0.15) is 0 Å². The fourth-order valence-corrected chi connectivity index (χ4v) is 2.14. The van der Waals surface area contributed by atoms with Crippen LogP contribution in [-0.4, -0.2) is 39.5 Å². The number of rotatable bonds is 6. The second-order valence-corrected chi connectivity index (χ2v) is 4.33. The molecule has 1 heterocycles. The molecule has 0 aliphatic carbocycles. The van der Waals surface area contributed by atoms with Gasteiger partial charge in [0.25, 0.3) is 0 Å². The molecule has 0 radical (unpaired) electrons. The van der Waals surface area contributed by atoms with E-state index in [1.54, 1.807) is 0 Å². The Morgan fingerprint density at radius 2 is 1.89 bits per heavy atom. The molecular formula is C14H22N2O3. The van der Waals surface area contributed by atoms with Crippen LogP contribution < -0.4 is 20.1 Å². The van der Waals surface area contributed by atoms with Gasteiger partial charge in [-0.25, -0.2) is 0 Å². The van der Waals surface area contributed by atoms with Gasteiger partial charge in [-0.1, -0.05) is 0 Å². The lowest BCUT2D eigenvalue weighted by Gasteiger charge is -2.27. The van der Waals surface area contributed by atoms with Gasteiger partial charge in [-0.15, -0.1) is 0 Å². The molecule has 0 spiro atoms. The fraction of sp³-hybridized carbons (Fsp3) is 0.571. The smallest absolute Gasteiger partial charge is 0.163 e. The van der Waals surface area contributed by atoms with Gasteiger partial charge in [0.05, 0.1) is 18.0 Å². The lowest BCUT2D eigenvalue weighted by Crippen LogP contribution is -2.28. The molecular weight excluding hydrogens is 244 g/mol. The van der Waals surface area contributed by atoms with Gasteiger partial charge >= 0.3 is 0 Å². The van der Waals surface area contributed by atoms with Gasteiger partial charge in [-0.3, -0.25) is 0 Å². The summed E-state index contributed by atoms with van der Waals surface area (Å²) in [6.07, 6.45) is 0. The third kappa shape index (κ3) is 3.23. The Kier molecular flexibility index (Phi) is 4.74. The normalized spacial score (nSPS) is 13.4. The predicted molar refractivity (Wildman–Crippen MR) is 76.2 cm³/mol. The van der Waals surface area contributed by atoms with Crippen molar-refractivity contribution in [2.45, 2.75) is 13.8 Å². The Hall–Kier alpha value is -1.62. The first-order valence-electron chi connectivity index (χ1n) is 6.78. The number of benzene rings is 1. The second kappa shape index (κ2) is 6.52. The Labute approximate surface area is 114 Å². The Bertz CT molecular complexity index is 423. The highest BCUT2D eigenvalue weighted by atomic mass is 16.6. The van der Waals surface area contributed by atoms with Crippen LogP contribution in [0.25, 0.3) is 0 Å². The standard InChI is InChI=1S/C14H22N2O3/c1-3-16(5-6-17-4-2)12-10-14-13(9-11(12)15)18-7-8-19-14/h9-10H,3-8,15H2,1-2H3. The van der Waals surface area contributed by atoms with Crippen molar-refractivity contribution >= 4 is 11.4 Å². The zero-order valence-corrected chi connectivity index (χ0v) is 11.6. The first-order valence-corrected chi connectivity index (χ1v) is 6.78. The van der Waals surface area contributed by atoms with Crippen LogP contribution in [0.15, 0.2) is 12.1 Å². The zero-order chi connectivity index (χ0) is 13.7. The Morgan fingerprint density at radius 1 is 1.21 bits per heavy atom. The van der Waals surface area contributed by atoms with Crippen LogP contribution in [0.4, 0.5) is 11.4 Å². The molecule has 0 saturated heterocycles. The van der Waals surface area contributed by atoms with Crippen molar-refractivity contribution in [1.29, 1.82) is 0 Å². The number of likely N-dealkylation sites (N-methyl/N-ethyl adjacent to an activating group) is 1. The lowest BCUT2D eigenvalue weighted by molar-refractivity contribution is 0.154. The van der Waals surface area contributed by atoms with Crippen LogP contribution in [0.2, 0.25) is 0 Å². The summed E-state index contributed by atoms with van der Waals surface area (Å²) in [4.78, 5) is 2.18. The lowest BCUT2D eigenvalue weighted by atomic mass is 10.2. The number of ether oxygens (including phenoxy) is 3. The number of nitrogen functional groups attached to an aromatic ring is 1. The van der Waals surface area contributed by atoms with E-state index >= 15 is 0 Å². The maximum absolute atomic E-state index is 6.11. The molecule has 0 amide bonds. The van der Waals surface area contributed by atoms with Crippen LogP contribution >= 0.6 is 0 Å². The molecule has 0 saturated carbocycles. The highest BCUT2D eigenvalue weighted by Gasteiger charge is 2.17. The molecule has 1 aromatic carbocycles. The van der Waals surface area contributed by atoms with Crippen molar-refractivity contribution in [3.63, 3.8) is 0 Å². The zero-order valence-electron chi connectivity index (χ0n) is 11.6. The molecule has 1 aliphatic heterocycles. The van der Waals surface area contributed by atoms with Crippen LogP contribution in [0.1, 0.15) is 13.8 Å². The van der Waals surface area contributed by atoms with E-state index in [2.05, 4.69) is 11.8 Å². The molecule has 0 aromatic heterocycles. The summed E-state index contributed by atoms with van der Waals surface area (Å²) in [5.74, 6) is 1.50. The second-order valence-electron chi connectivity index (χ2n) is 4.33. The van der Waals surface area contributed by atoms with Gasteiger partial charge < -0.3 is 24.8 Å². The minimum absolute atomic E-state index is 0.577. The molecule has 1 aliphatic rings. The summed E-state index contributed by atoms with van der Waals surface area (Å²) in [5.41, 5.74) is 7.80. The van der Waals surface area contributed by atoms with Crippen molar-refractivity contribution in [2.24, 2.45) is 0 Å². The Balaban J connectivity index is 2.17. The van der Waals surface area contributed by atoms with Gasteiger partial charge in [-0.05, 0) is 13.8 Å². The summed E-state index contributed by atoms with van der Waals surface area (Å²) in [5, 5.41) is 0. The number of nitrogens with zero attached hydrogens (tertiary/aromatic N) is 1. The molecule has 0 fully saturated rings. The highest BCUT2D eigenvalue weighted by Crippen LogP contribution is 2.38. The first-order chi connectivity index (χ1) is 9.26.